The van der Waals surface area contributed by atoms with E-state index in [9.17, 15) is 27.9 Å². The average Bonchev–Trinajstić information content (AvgIpc) is 2.60. The van der Waals surface area contributed by atoms with Crippen LogP contribution in [0.1, 0.15) is 22.0 Å². The van der Waals surface area contributed by atoms with Crippen LogP contribution in [0.5, 0.6) is 0 Å². The van der Waals surface area contributed by atoms with Gasteiger partial charge in [-0.1, -0.05) is 54.1 Å². The molecule has 0 unspecified atom stereocenters. The molecule has 0 saturated carbocycles. The first kappa shape index (κ1) is 19.2. The zero-order valence-electron chi connectivity index (χ0n) is 13.6. The van der Waals surface area contributed by atoms with Crippen molar-refractivity contribution in [3.8, 4) is 0 Å². The first-order valence-corrected chi connectivity index (χ1v) is 8.24. The van der Waals surface area contributed by atoms with Crippen LogP contribution < -0.4 is 10.6 Å². The van der Waals surface area contributed by atoms with E-state index < -0.39 is 35.7 Å². The lowest BCUT2D eigenvalue weighted by atomic mass is 9.77. The van der Waals surface area contributed by atoms with Gasteiger partial charge in [0.15, 0.2) is 5.78 Å². The van der Waals surface area contributed by atoms with E-state index in [2.05, 4.69) is 5.32 Å². The van der Waals surface area contributed by atoms with Gasteiger partial charge in [-0.15, -0.1) is 0 Å². The molecule has 3 rings (SSSR count). The van der Waals surface area contributed by atoms with Gasteiger partial charge in [0.2, 0.25) is 5.72 Å². The summed E-state index contributed by atoms with van der Waals surface area (Å²) in [5.74, 6) is -3.05. The highest BCUT2D eigenvalue weighted by molar-refractivity contribution is 6.30. The van der Waals surface area contributed by atoms with Gasteiger partial charge >= 0.3 is 12.2 Å². The number of nitrogens with one attached hydrogen (secondary N) is 2. The Balaban J connectivity index is 2.17. The van der Waals surface area contributed by atoms with Gasteiger partial charge in [-0.05, 0) is 17.7 Å². The monoisotopic (exact) mass is 398 g/mol. The van der Waals surface area contributed by atoms with Crippen molar-refractivity contribution in [1.29, 1.82) is 0 Å². The number of carbonyl (C=O) groups excluding carboxylic acids is 2. The second-order valence-electron chi connectivity index (χ2n) is 6.10. The van der Waals surface area contributed by atoms with Crippen LogP contribution in [-0.2, 0) is 0 Å². The number of amides is 2. The molecular formula is C18H14ClF3N2O3. The van der Waals surface area contributed by atoms with Gasteiger partial charge in [0.05, 0.1) is 6.04 Å². The van der Waals surface area contributed by atoms with Crippen LogP contribution in [0, 0.1) is 5.92 Å². The van der Waals surface area contributed by atoms with Gasteiger partial charge < -0.3 is 15.7 Å². The van der Waals surface area contributed by atoms with Crippen LogP contribution in [0.4, 0.5) is 18.0 Å². The van der Waals surface area contributed by atoms with Gasteiger partial charge in [-0.25, -0.2) is 4.79 Å². The number of rotatable bonds is 3. The van der Waals surface area contributed by atoms with E-state index in [1.807, 2.05) is 0 Å². The van der Waals surface area contributed by atoms with Crippen LogP contribution in [-0.4, -0.2) is 28.8 Å². The quantitative estimate of drug-likeness (QED) is 0.693. The maximum atomic E-state index is 13.7. The SMILES string of the molecule is O=C1N[C@H](c2cccc(Cl)c2)[C@@H](C(=O)c2ccccc2)[C@](O)(C(F)(F)F)N1. The molecule has 0 aromatic heterocycles. The summed E-state index contributed by atoms with van der Waals surface area (Å²) in [6.07, 6.45) is -5.29. The maximum absolute atomic E-state index is 13.7. The second-order valence-corrected chi connectivity index (χ2v) is 6.54. The van der Waals surface area contributed by atoms with E-state index in [-0.39, 0.29) is 16.1 Å². The lowest BCUT2D eigenvalue weighted by Gasteiger charge is -2.45. The highest BCUT2D eigenvalue weighted by Crippen LogP contribution is 2.44. The molecule has 2 amide bonds. The smallest absolute Gasteiger partial charge is 0.363 e. The first-order chi connectivity index (χ1) is 12.6. The minimum absolute atomic E-state index is 0.0323. The summed E-state index contributed by atoms with van der Waals surface area (Å²) in [7, 11) is 0. The van der Waals surface area contributed by atoms with Crippen molar-refractivity contribution in [3.63, 3.8) is 0 Å². The fourth-order valence-corrected chi connectivity index (χ4v) is 3.30. The van der Waals surface area contributed by atoms with E-state index >= 15 is 0 Å². The summed E-state index contributed by atoms with van der Waals surface area (Å²) >= 11 is 5.91. The Morgan fingerprint density at radius 2 is 1.78 bits per heavy atom. The Morgan fingerprint density at radius 1 is 1.11 bits per heavy atom. The molecule has 2 aromatic rings. The Kier molecular flexibility index (Phi) is 4.88. The maximum Gasteiger partial charge on any atom is 0.437 e. The van der Waals surface area contributed by atoms with Gasteiger partial charge in [0.25, 0.3) is 0 Å². The normalized spacial score (nSPS) is 25.4. The van der Waals surface area contributed by atoms with Crippen molar-refractivity contribution < 1.29 is 27.9 Å². The Labute approximate surface area is 157 Å². The largest absolute Gasteiger partial charge is 0.437 e. The molecule has 142 valence electrons. The summed E-state index contributed by atoms with van der Waals surface area (Å²) < 4.78 is 41.2. The number of urea groups is 1. The predicted molar refractivity (Wildman–Crippen MR) is 91.1 cm³/mol. The van der Waals surface area contributed by atoms with Crippen LogP contribution >= 0.6 is 11.6 Å². The zero-order valence-corrected chi connectivity index (χ0v) is 14.4. The minimum atomic E-state index is -5.29. The molecule has 0 aliphatic carbocycles. The first-order valence-electron chi connectivity index (χ1n) is 7.86. The molecule has 1 saturated heterocycles. The summed E-state index contributed by atoms with van der Waals surface area (Å²) in [4.78, 5) is 24.8. The Morgan fingerprint density at radius 3 is 2.37 bits per heavy atom. The fourth-order valence-electron chi connectivity index (χ4n) is 3.10. The topological polar surface area (TPSA) is 78.4 Å². The van der Waals surface area contributed by atoms with Crippen LogP contribution in [0.2, 0.25) is 5.02 Å². The van der Waals surface area contributed by atoms with Crippen LogP contribution in [0.3, 0.4) is 0 Å². The number of aliphatic hydroxyl groups is 1. The number of benzene rings is 2. The molecule has 27 heavy (non-hydrogen) atoms. The van der Waals surface area contributed by atoms with E-state index in [1.54, 1.807) is 6.07 Å². The van der Waals surface area contributed by atoms with Crippen molar-refractivity contribution in [3.05, 3.63) is 70.7 Å². The molecule has 1 heterocycles. The molecule has 1 aliphatic rings. The third kappa shape index (κ3) is 3.50. The summed E-state index contributed by atoms with van der Waals surface area (Å²) in [6.45, 7) is 0. The predicted octanol–water partition coefficient (Wildman–Crippen LogP) is 3.44. The number of hydrogen-bond acceptors (Lipinski definition) is 3. The van der Waals surface area contributed by atoms with Crippen molar-refractivity contribution >= 4 is 23.4 Å². The molecule has 1 aliphatic heterocycles. The highest BCUT2D eigenvalue weighted by atomic mass is 35.5. The van der Waals surface area contributed by atoms with Crippen molar-refractivity contribution in [2.75, 3.05) is 0 Å². The highest BCUT2D eigenvalue weighted by Gasteiger charge is 2.66. The standard InChI is InChI=1S/C18H14ClF3N2O3/c19-12-8-4-7-11(9-12)14-13(15(25)10-5-2-1-3-6-10)17(27,18(20,21)22)24-16(26)23-14/h1-9,13-14,27H,(H2,23,24,26)/t13-,14+,17-/m0/s1. The molecule has 9 heteroatoms. The number of hydrogen-bond donors (Lipinski definition) is 3. The molecular weight excluding hydrogens is 385 g/mol. The molecule has 0 bridgehead atoms. The van der Waals surface area contributed by atoms with E-state index in [0.29, 0.717) is 0 Å². The molecule has 0 radical (unpaired) electrons. The van der Waals surface area contributed by atoms with E-state index in [4.69, 9.17) is 11.6 Å². The van der Waals surface area contributed by atoms with Crippen molar-refractivity contribution in [2.45, 2.75) is 17.9 Å². The number of alkyl halides is 3. The Bertz CT molecular complexity index is 876. The van der Waals surface area contributed by atoms with Gasteiger partial charge in [-0.3, -0.25) is 4.79 Å². The molecule has 0 spiro atoms. The number of halogens is 4. The van der Waals surface area contributed by atoms with Gasteiger partial charge in [-0.2, -0.15) is 13.2 Å². The summed E-state index contributed by atoms with van der Waals surface area (Å²) in [5, 5.41) is 14.4. The molecule has 3 N–H and O–H groups in total. The summed E-state index contributed by atoms with van der Waals surface area (Å²) in [6, 6.07) is 10.3. The number of Topliss-reactive ketones (excluding diaryl/α,β-unsaturated/α-hetero) is 1. The third-order valence-electron chi connectivity index (χ3n) is 4.35. The number of carbonyl (C=O) groups is 2. The van der Waals surface area contributed by atoms with E-state index in [0.717, 1.165) is 0 Å². The average molecular weight is 399 g/mol. The molecule has 5 nitrogen and oxygen atoms in total. The fraction of sp³-hybridized carbons (Fsp3) is 0.222. The van der Waals surface area contributed by atoms with Crippen LogP contribution in [0.25, 0.3) is 0 Å². The van der Waals surface area contributed by atoms with Gasteiger partial charge in [0.1, 0.15) is 5.92 Å². The molecule has 1 fully saturated rings. The van der Waals surface area contributed by atoms with Crippen molar-refractivity contribution in [2.24, 2.45) is 5.92 Å². The number of ketones is 1. The lowest BCUT2D eigenvalue weighted by molar-refractivity contribution is -0.287. The molecule has 2 aromatic carbocycles. The Hall–Kier alpha value is -2.58. The lowest BCUT2D eigenvalue weighted by Crippen LogP contribution is -2.72. The third-order valence-corrected chi connectivity index (χ3v) is 4.59. The van der Waals surface area contributed by atoms with E-state index in [1.165, 1.54) is 53.8 Å². The zero-order chi connectivity index (χ0) is 19.8. The summed E-state index contributed by atoms with van der Waals surface area (Å²) in [5.41, 5.74) is -3.63. The second kappa shape index (κ2) is 6.86. The minimum Gasteiger partial charge on any atom is -0.363 e. The van der Waals surface area contributed by atoms with Crippen LogP contribution in [0.15, 0.2) is 54.6 Å². The van der Waals surface area contributed by atoms with Crippen molar-refractivity contribution in [1.82, 2.24) is 10.6 Å². The molecule has 3 atom stereocenters. The van der Waals surface area contributed by atoms with Gasteiger partial charge in [0, 0.05) is 10.6 Å².